The minimum atomic E-state index is -0.577. The first-order valence-electron chi connectivity index (χ1n) is 4.93. The Bertz CT molecular complexity index is 404. The van der Waals surface area contributed by atoms with Gasteiger partial charge in [-0.25, -0.2) is 0 Å². The van der Waals surface area contributed by atoms with E-state index in [9.17, 15) is 4.79 Å². The molecular weight excluding hydrogens is 192 g/mol. The zero-order valence-corrected chi connectivity index (χ0v) is 8.60. The number of amides is 1. The number of aliphatic hydroxyl groups is 1. The van der Waals surface area contributed by atoms with Crippen molar-refractivity contribution < 1.29 is 9.90 Å². The third kappa shape index (κ3) is 1.52. The first kappa shape index (κ1) is 10.1. The summed E-state index contributed by atoms with van der Waals surface area (Å²) in [6.07, 6.45) is 0. The van der Waals surface area contributed by atoms with Crippen molar-refractivity contribution in [2.45, 2.75) is 13.0 Å². The first-order valence-corrected chi connectivity index (χ1v) is 4.93. The van der Waals surface area contributed by atoms with E-state index >= 15 is 0 Å². The Morgan fingerprint density at radius 3 is 2.93 bits per heavy atom. The van der Waals surface area contributed by atoms with E-state index in [1.165, 1.54) is 0 Å². The number of aryl methyl sites for hydroxylation is 1. The number of hydrogen-bond donors (Lipinski definition) is 2. The van der Waals surface area contributed by atoms with Gasteiger partial charge in [0.25, 0.3) is 0 Å². The number of fused-ring (bicyclic) bond motifs is 1. The maximum atomic E-state index is 11.8. The van der Waals surface area contributed by atoms with Crippen LogP contribution in [0.2, 0.25) is 0 Å². The molecule has 0 saturated heterocycles. The van der Waals surface area contributed by atoms with Crippen molar-refractivity contribution in [1.29, 1.82) is 0 Å². The predicted octanol–water partition coefficient (Wildman–Crippen LogP) is 0.334. The topological polar surface area (TPSA) is 66.6 Å². The van der Waals surface area contributed by atoms with Crippen molar-refractivity contribution in [2.75, 3.05) is 18.1 Å². The van der Waals surface area contributed by atoms with Crippen molar-refractivity contribution in [3.63, 3.8) is 0 Å². The van der Waals surface area contributed by atoms with E-state index in [1.807, 2.05) is 25.1 Å². The molecule has 1 aliphatic heterocycles. The molecule has 0 spiro atoms. The molecule has 2 rings (SSSR count). The molecule has 0 bridgehead atoms. The highest BCUT2D eigenvalue weighted by molar-refractivity contribution is 6.04. The molecule has 1 unspecified atom stereocenters. The Morgan fingerprint density at radius 1 is 1.53 bits per heavy atom. The summed E-state index contributed by atoms with van der Waals surface area (Å²) in [6.45, 7) is 2.22. The number of aliphatic hydroxyl groups excluding tert-OH is 1. The smallest absolute Gasteiger partial charge is 0.248 e. The fourth-order valence-electron chi connectivity index (χ4n) is 1.92. The van der Waals surface area contributed by atoms with Crippen molar-refractivity contribution in [3.05, 3.63) is 29.3 Å². The monoisotopic (exact) mass is 206 g/mol. The molecule has 4 nitrogen and oxygen atoms in total. The van der Waals surface area contributed by atoms with Gasteiger partial charge in [-0.05, 0) is 13.0 Å². The van der Waals surface area contributed by atoms with Crippen molar-refractivity contribution in [3.8, 4) is 0 Å². The Kier molecular flexibility index (Phi) is 2.46. The van der Waals surface area contributed by atoms with Gasteiger partial charge in [0.1, 0.15) is 6.04 Å². The summed E-state index contributed by atoms with van der Waals surface area (Å²) in [6, 6.07) is 5.17. The highest BCUT2D eigenvalue weighted by Gasteiger charge is 2.34. The molecule has 15 heavy (non-hydrogen) atoms. The number of β-amino-alcohol motifs (C(OH)–C–C–N with tert-alkyl or cyclic N) is 1. The number of benzene rings is 1. The number of carbonyl (C=O) groups excluding carboxylic acids is 1. The minimum absolute atomic E-state index is 0.0498. The van der Waals surface area contributed by atoms with Gasteiger partial charge in [0.05, 0.1) is 6.61 Å². The average Bonchev–Trinajstić information content (AvgIpc) is 2.44. The second-order valence-corrected chi connectivity index (χ2v) is 3.75. The molecular formula is C11H14N2O2. The lowest BCUT2D eigenvalue weighted by Crippen LogP contribution is -2.33. The predicted molar refractivity (Wildman–Crippen MR) is 57.5 cm³/mol. The van der Waals surface area contributed by atoms with Crippen molar-refractivity contribution in [2.24, 2.45) is 5.73 Å². The van der Waals surface area contributed by atoms with Gasteiger partial charge in [0, 0.05) is 17.8 Å². The van der Waals surface area contributed by atoms with Crippen LogP contribution < -0.4 is 10.6 Å². The Labute approximate surface area is 88.3 Å². The number of rotatable bonds is 2. The summed E-state index contributed by atoms with van der Waals surface area (Å²) in [7, 11) is 0. The summed E-state index contributed by atoms with van der Waals surface area (Å²) >= 11 is 0. The summed E-state index contributed by atoms with van der Waals surface area (Å²) in [4.78, 5) is 13.3. The standard InChI is InChI=1S/C11H14N2O2/c1-7-2-3-9-8(6-7)10(12)11(15)13(9)4-5-14/h2-3,6,10,14H,4-5,12H2,1H3. The van der Waals surface area contributed by atoms with Gasteiger partial charge in [-0.3, -0.25) is 4.79 Å². The molecule has 1 aromatic rings. The Balaban J connectivity index is 2.46. The fraction of sp³-hybridized carbons (Fsp3) is 0.364. The molecule has 1 atom stereocenters. The summed E-state index contributed by atoms with van der Waals surface area (Å²) in [5.41, 5.74) is 8.57. The molecule has 1 aliphatic rings. The lowest BCUT2D eigenvalue weighted by molar-refractivity contribution is -0.119. The third-order valence-corrected chi connectivity index (χ3v) is 2.66. The zero-order chi connectivity index (χ0) is 11.0. The molecule has 1 aromatic carbocycles. The van der Waals surface area contributed by atoms with Gasteiger partial charge >= 0.3 is 0 Å². The normalized spacial score (nSPS) is 19.5. The Morgan fingerprint density at radius 2 is 2.27 bits per heavy atom. The summed E-state index contributed by atoms with van der Waals surface area (Å²) < 4.78 is 0. The number of hydrogen-bond acceptors (Lipinski definition) is 3. The zero-order valence-electron chi connectivity index (χ0n) is 8.60. The molecule has 3 N–H and O–H groups in total. The van der Waals surface area contributed by atoms with Gasteiger partial charge < -0.3 is 15.7 Å². The van der Waals surface area contributed by atoms with Crippen LogP contribution in [0.4, 0.5) is 5.69 Å². The summed E-state index contributed by atoms with van der Waals surface area (Å²) in [5, 5.41) is 8.88. The largest absolute Gasteiger partial charge is 0.395 e. The van der Waals surface area contributed by atoms with Gasteiger partial charge in [0.2, 0.25) is 5.91 Å². The molecule has 4 heteroatoms. The van der Waals surface area contributed by atoms with E-state index < -0.39 is 6.04 Å². The molecule has 0 saturated carbocycles. The van der Waals surface area contributed by atoms with Crippen LogP contribution in [-0.2, 0) is 4.79 Å². The van der Waals surface area contributed by atoms with E-state index in [0.717, 1.165) is 16.8 Å². The lowest BCUT2D eigenvalue weighted by atomic mass is 10.1. The van der Waals surface area contributed by atoms with Crippen LogP contribution in [0.5, 0.6) is 0 Å². The molecule has 1 heterocycles. The highest BCUT2D eigenvalue weighted by atomic mass is 16.3. The van der Waals surface area contributed by atoms with Gasteiger partial charge in [0.15, 0.2) is 0 Å². The number of carbonyl (C=O) groups is 1. The molecule has 0 aliphatic carbocycles. The Hall–Kier alpha value is -1.39. The molecule has 0 aromatic heterocycles. The quantitative estimate of drug-likeness (QED) is 0.733. The lowest BCUT2D eigenvalue weighted by Gasteiger charge is -2.15. The van der Waals surface area contributed by atoms with Crippen LogP contribution in [-0.4, -0.2) is 24.2 Å². The number of nitrogens with zero attached hydrogens (tertiary/aromatic N) is 1. The van der Waals surface area contributed by atoms with Gasteiger partial charge in [-0.1, -0.05) is 17.7 Å². The summed E-state index contributed by atoms with van der Waals surface area (Å²) in [5.74, 6) is -0.135. The van der Waals surface area contributed by atoms with Crippen LogP contribution in [0.15, 0.2) is 18.2 Å². The van der Waals surface area contributed by atoms with E-state index in [-0.39, 0.29) is 12.5 Å². The number of nitrogens with two attached hydrogens (primary N) is 1. The van der Waals surface area contributed by atoms with Crippen LogP contribution in [0.25, 0.3) is 0 Å². The van der Waals surface area contributed by atoms with E-state index in [4.69, 9.17) is 10.8 Å². The van der Waals surface area contributed by atoms with Crippen molar-refractivity contribution >= 4 is 11.6 Å². The van der Waals surface area contributed by atoms with Crippen LogP contribution >= 0.6 is 0 Å². The van der Waals surface area contributed by atoms with E-state index in [1.54, 1.807) is 4.90 Å². The fourth-order valence-corrected chi connectivity index (χ4v) is 1.92. The first-order chi connectivity index (χ1) is 7.15. The van der Waals surface area contributed by atoms with Gasteiger partial charge in [-0.15, -0.1) is 0 Å². The number of anilines is 1. The maximum Gasteiger partial charge on any atom is 0.248 e. The van der Waals surface area contributed by atoms with E-state index in [0.29, 0.717) is 6.54 Å². The van der Waals surface area contributed by atoms with Crippen LogP contribution in [0.3, 0.4) is 0 Å². The van der Waals surface area contributed by atoms with Crippen LogP contribution in [0.1, 0.15) is 17.2 Å². The van der Waals surface area contributed by atoms with Crippen LogP contribution in [0, 0.1) is 6.92 Å². The molecule has 1 amide bonds. The average molecular weight is 206 g/mol. The molecule has 0 radical (unpaired) electrons. The second kappa shape index (κ2) is 3.64. The molecule has 80 valence electrons. The second-order valence-electron chi connectivity index (χ2n) is 3.75. The minimum Gasteiger partial charge on any atom is -0.395 e. The van der Waals surface area contributed by atoms with E-state index in [2.05, 4.69) is 0 Å². The highest BCUT2D eigenvalue weighted by Crippen LogP contribution is 2.34. The molecule has 0 fully saturated rings. The SMILES string of the molecule is Cc1ccc2c(c1)C(N)C(=O)N2CCO. The van der Waals surface area contributed by atoms with Gasteiger partial charge in [-0.2, -0.15) is 0 Å². The third-order valence-electron chi connectivity index (χ3n) is 2.66. The van der Waals surface area contributed by atoms with Crippen molar-refractivity contribution in [1.82, 2.24) is 0 Å². The maximum absolute atomic E-state index is 11.8.